The normalized spacial score (nSPS) is 24.4. The van der Waals surface area contributed by atoms with E-state index in [0.29, 0.717) is 39.9 Å². The number of carbonyl (C=O) groups is 4. The predicted molar refractivity (Wildman–Crippen MR) is 205 cm³/mol. The predicted octanol–water partition coefficient (Wildman–Crippen LogP) is 4.22. The van der Waals surface area contributed by atoms with E-state index < -0.39 is 80.1 Å². The lowest BCUT2D eigenvalue weighted by molar-refractivity contribution is -0.141. The monoisotopic (exact) mass is 792 g/mol. The molecule has 1 aromatic heterocycles. The van der Waals surface area contributed by atoms with Gasteiger partial charge in [0.05, 0.1) is 22.4 Å². The molecule has 7 rings (SSSR count). The molecule has 16 heteroatoms. The summed E-state index contributed by atoms with van der Waals surface area (Å²) in [4.78, 5) is 71.1. The Kier molecular flexibility index (Phi) is 10.5. The van der Waals surface area contributed by atoms with Gasteiger partial charge in [-0.1, -0.05) is 61.9 Å². The lowest BCUT2D eigenvalue weighted by Gasteiger charge is -2.31. The van der Waals surface area contributed by atoms with E-state index in [1.165, 1.54) is 15.7 Å². The highest BCUT2D eigenvalue weighted by molar-refractivity contribution is 7.91. The second-order valence-corrected chi connectivity index (χ2v) is 17.8. The third-order valence-corrected chi connectivity index (χ3v) is 13.3. The minimum Gasteiger partial charge on any atom is -0.446 e. The number of hydrogen-bond donors (Lipinski definition) is 3. The maximum absolute atomic E-state index is 14.6. The first-order chi connectivity index (χ1) is 26.2. The minimum absolute atomic E-state index is 0.0724. The molecular formula is C39H45ClN6O8S. The largest absolute Gasteiger partial charge is 0.446 e. The Morgan fingerprint density at radius 1 is 1.02 bits per heavy atom. The molecule has 2 aromatic carbocycles. The van der Waals surface area contributed by atoms with E-state index in [2.05, 4.69) is 21.9 Å². The van der Waals surface area contributed by atoms with Crippen LogP contribution >= 0.6 is 11.6 Å². The van der Waals surface area contributed by atoms with E-state index in [1.807, 2.05) is 0 Å². The van der Waals surface area contributed by atoms with Crippen LogP contribution in [0.3, 0.4) is 0 Å². The summed E-state index contributed by atoms with van der Waals surface area (Å²) >= 11 is 6.18. The van der Waals surface area contributed by atoms with Gasteiger partial charge in [-0.2, -0.15) is 5.10 Å². The van der Waals surface area contributed by atoms with E-state index in [4.69, 9.17) is 21.4 Å². The van der Waals surface area contributed by atoms with Crippen molar-refractivity contribution < 1.29 is 32.3 Å². The number of likely N-dealkylation sites (tertiary alicyclic amines) is 1. The molecule has 3 N–H and O–H groups in total. The third kappa shape index (κ3) is 7.73. The maximum Gasteiger partial charge on any atom is 0.408 e. The number of amides is 4. The molecule has 2 heterocycles. The van der Waals surface area contributed by atoms with E-state index in [1.54, 1.807) is 62.4 Å². The molecule has 55 heavy (non-hydrogen) atoms. The number of alkyl carbamates (subject to hydrolysis) is 1. The molecule has 3 aromatic rings. The van der Waals surface area contributed by atoms with Crippen LogP contribution in [0.1, 0.15) is 71.3 Å². The molecule has 0 spiro atoms. The Bertz CT molecular complexity index is 2200. The van der Waals surface area contributed by atoms with Crippen LogP contribution in [0.4, 0.5) is 4.79 Å². The average Bonchev–Trinajstić information content (AvgIpc) is 4.03. The molecule has 4 fully saturated rings. The van der Waals surface area contributed by atoms with Crippen molar-refractivity contribution in [3.8, 4) is 11.3 Å². The first-order valence-corrected chi connectivity index (χ1v) is 20.7. The lowest BCUT2D eigenvalue weighted by Crippen LogP contribution is -2.59. The van der Waals surface area contributed by atoms with Gasteiger partial charge in [0.1, 0.15) is 23.7 Å². The fraction of sp³-hybridized carbons (Fsp3) is 0.487. The van der Waals surface area contributed by atoms with Gasteiger partial charge in [-0.3, -0.25) is 23.9 Å². The fourth-order valence-corrected chi connectivity index (χ4v) is 9.28. The number of sulfonamides is 1. The Balaban J connectivity index is 1.23. The van der Waals surface area contributed by atoms with Gasteiger partial charge in [0.25, 0.3) is 11.5 Å². The fourth-order valence-electron chi connectivity index (χ4n) is 7.79. The van der Waals surface area contributed by atoms with Crippen molar-refractivity contribution in [1.29, 1.82) is 0 Å². The quantitative estimate of drug-likeness (QED) is 0.226. The smallest absolute Gasteiger partial charge is 0.408 e. The van der Waals surface area contributed by atoms with Crippen LogP contribution in [0, 0.1) is 11.8 Å². The molecule has 1 aliphatic heterocycles. The molecule has 3 aliphatic carbocycles. The zero-order valence-electron chi connectivity index (χ0n) is 30.7. The summed E-state index contributed by atoms with van der Waals surface area (Å²) in [6.07, 6.45) is 4.76. The number of hydrogen-bond acceptors (Lipinski definition) is 9. The highest BCUT2D eigenvalue weighted by atomic mass is 35.5. The first kappa shape index (κ1) is 38.5. The molecule has 0 unspecified atom stereocenters. The zero-order valence-corrected chi connectivity index (χ0v) is 32.3. The van der Waals surface area contributed by atoms with Crippen molar-refractivity contribution in [2.24, 2.45) is 11.8 Å². The number of ether oxygens (including phenoxy) is 1. The molecule has 3 saturated carbocycles. The van der Waals surface area contributed by atoms with Crippen LogP contribution in [0.5, 0.6) is 0 Å². The Morgan fingerprint density at radius 2 is 1.69 bits per heavy atom. The molecule has 14 nitrogen and oxygen atoms in total. The molecule has 292 valence electrons. The summed E-state index contributed by atoms with van der Waals surface area (Å²) < 4.78 is 34.5. The Hall–Kier alpha value is -4.76. The summed E-state index contributed by atoms with van der Waals surface area (Å²) in [5.74, 6) is -3.17. The van der Waals surface area contributed by atoms with Gasteiger partial charge in [0.2, 0.25) is 21.8 Å². The number of fused-ring (bicyclic) bond motifs is 1. The van der Waals surface area contributed by atoms with Gasteiger partial charge in [-0.15, -0.1) is 6.58 Å². The molecule has 4 aliphatic rings. The van der Waals surface area contributed by atoms with Crippen molar-refractivity contribution in [3.63, 3.8) is 0 Å². The van der Waals surface area contributed by atoms with E-state index in [9.17, 15) is 32.4 Å². The van der Waals surface area contributed by atoms with E-state index >= 15 is 0 Å². The van der Waals surface area contributed by atoms with Crippen LogP contribution in [-0.2, 0) is 29.1 Å². The highest BCUT2D eigenvalue weighted by Crippen LogP contribution is 2.46. The second kappa shape index (κ2) is 15.1. The molecule has 4 amide bonds. The topological polar surface area (TPSA) is 186 Å². The van der Waals surface area contributed by atoms with E-state index in [-0.39, 0.29) is 25.5 Å². The minimum atomic E-state index is -3.93. The third-order valence-electron chi connectivity index (χ3n) is 11.2. The van der Waals surface area contributed by atoms with Crippen LogP contribution in [0.25, 0.3) is 22.0 Å². The van der Waals surface area contributed by atoms with Gasteiger partial charge >= 0.3 is 6.09 Å². The zero-order chi connectivity index (χ0) is 39.2. The van der Waals surface area contributed by atoms with Gasteiger partial charge < -0.3 is 20.3 Å². The molecule has 0 radical (unpaired) electrons. The highest BCUT2D eigenvalue weighted by Gasteiger charge is 2.62. The summed E-state index contributed by atoms with van der Waals surface area (Å²) in [5.41, 5.74) is -0.847. The number of nitrogens with zero attached hydrogens (tertiary/aromatic N) is 3. The van der Waals surface area contributed by atoms with Gasteiger partial charge in [0.15, 0.2) is 0 Å². The number of halogens is 1. The summed E-state index contributed by atoms with van der Waals surface area (Å²) in [7, 11) is -3.93. The molecule has 5 atom stereocenters. The Labute approximate surface area is 324 Å². The number of nitrogens with one attached hydrogen (secondary N) is 3. The number of benzene rings is 2. The lowest BCUT2D eigenvalue weighted by atomic mass is 10.0. The molecule has 1 saturated heterocycles. The molecule has 0 bridgehead atoms. The van der Waals surface area contributed by atoms with Crippen LogP contribution < -0.4 is 20.9 Å². The van der Waals surface area contributed by atoms with Crippen LogP contribution in [0.15, 0.2) is 66.0 Å². The summed E-state index contributed by atoms with van der Waals surface area (Å²) in [6, 6.07) is 10.9. The van der Waals surface area contributed by atoms with E-state index in [0.717, 1.165) is 25.7 Å². The van der Waals surface area contributed by atoms with Crippen LogP contribution in [0.2, 0.25) is 5.02 Å². The van der Waals surface area contributed by atoms with Gasteiger partial charge in [-0.25, -0.2) is 17.9 Å². The SMILES string of the molecule is C=C[C@@H]1C[C@]1(NC(=O)[C@@H]1C[C@@H](n2nc(-c3ccc(Cl)cc3)c3ccccc3c2=O)CN1C(=O)[C@@H](NC(=O)OC1CCCC1)C(C)C)C(=O)NS(=O)(=O)C1CC1. The first-order valence-electron chi connectivity index (χ1n) is 18.8. The second-order valence-electron chi connectivity index (χ2n) is 15.4. The number of carbonyl (C=O) groups excluding carboxylic acids is 4. The number of aromatic nitrogens is 2. The van der Waals surface area contributed by atoms with Crippen molar-refractivity contribution in [2.45, 2.75) is 100 Å². The molecular weight excluding hydrogens is 748 g/mol. The number of rotatable bonds is 12. The van der Waals surface area contributed by atoms with Crippen molar-refractivity contribution in [3.05, 3.63) is 76.6 Å². The van der Waals surface area contributed by atoms with Gasteiger partial charge in [0, 0.05) is 34.9 Å². The average molecular weight is 793 g/mol. The van der Waals surface area contributed by atoms with Gasteiger partial charge in [-0.05, 0) is 69.1 Å². The summed E-state index contributed by atoms with van der Waals surface area (Å²) in [5, 5.41) is 11.2. The summed E-state index contributed by atoms with van der Waals surface area (Å²) in [6.45, 7) is 7.15. The standard InChI is InChI=1S/C39H45ClN6O8S/c1-4-24-20-39(24,37(50)44-55(52,53)28-17-18-28)42-34(47)31-19-26(21-45(31)36(49)32(22(2)3)41-38(51)54-27-9-5-6-10-27)46-35(48)30-12-8-7-11-29(30)33(43-46)23-13-15-25(40)16-14-23/h4,7-8,11-16,22,24,26-28,31-32H,1,5-6,9-10,17-21H2,2-3H3,(H,41,51)(H,42,47)(H,44,50)/t24-,26-,31+,32+,39-/m1/s1. The van der Waals surface area contributed by atoms with Crippen molar-refractivity contribution >= 4 is 56.2 Å². The van der Waals surface area contributed by atoms with Crippen molar-refractivity contribution in [1.82, 2.24) is 30.0 Å². The van der Waals surface area contributed by atoms with Crippen LogP contribution in [-0.4, -0.2) is 82.4 Å². The maximum atomic E-state index is 14.6. The Morgan fingerprint density at radius 3 is 2.31 bits per heavy atom. The van der Waals surface area contributed by atoms with Crippen molar-refractivity contribution in [2.75, 3.05) is 6.54 Å².